The van der Waals surface area contributed by atoms with Crippen LogP contribution in [0.1, 0.15) is 11.1 Å². The summed E-state index contributed by atoms with van der Waals surface area (Å²) < 4.78 is 10.7. The Morgan fingerprint density at radius 2 is 1.75 bits per heavy atom. The molecule has 3 rings (SSSR count). The molecule has 3 aromatic rings. The number of aromatic nitrogens is 2. The summed E-state index contributed by atoms with van der Waals surface area (Å²) >= 11 is 6.01. The molecule has 0 unspecified atom stereocenters. The normalized spacial score (nSPS) is 10.9. The van der Waals surface area contributed by atoms with Crippen molar-refractivity contribution in [1.82, 2.24) is 10.3 Å². The summed E-state index contributed by atoms with van der Waals surface area (Å²) in [6.45, 7) is 3.87. The van der Waals surface area contributed by atoms with Gasteiger partial charge in [0.15, 0.2) is 16.8 Å². The van der Waals surface area contributed by atoms with Crippen LogP contribution in [0.3, 0.4) is 0 Å². The predicted molar refractivity (Wildman–Crippen MR) is 77.2 cm³/mol. The molecule has 1 aromatic heterocycles. The fourth-order valence-electron chi connectivity index (χ4n) is 2.11. The van der Waals surface area contributed by atoms with Crippen LogP contribution in [-0.2, 0) is 0 Å². The number of aryl methyl sites for hydroxylation is 2. The van der Waals surface area contributed by atoms with E-state index in [9.17, 15) is 0 Å². The Kier molecular flexibility index (Phi) is 2.99. The Hall–Kier alpha value is -2.27. The summed E-state index contributed by atoms with van der Waals surface area (Å²) in [5.74, 6) is 1.28. The highest BCUT2D eigenvalue weighted by Crippen LogP contribution is 2.35. The molecule has 0 radical (unpaired) electrons. The molecule has 0 fully saturated rings. The topological polar surface area (TPSA) is 74.2 Å². The molecule has 0 spiro atoms. The highest BCUT2D eigenvalue weighted by Gasteiger charge is 2.14. The van der Waals surface area contributed by atoms with Crippen LogP contribution in [-0.4, -0.2) is 10.3 Å². The maximum absolute atomic E-state index is 6.01. The second kappa shape index (κ2) is 4.68. The largest absolute Gasteiger partial charge is 0.454 e. The zero-order chi connectivity index (χ0) is 14.3. The quantitative estimate of drug-likeness (QED) is 0.725. The van der Waals surface area contributed by atoms with Crippen molar-refractivity contribution in [3.05, 3.63) is 40.4 Å². The van der Waals surface area contributed by atoms with Gasteiger partial charge in [0, 0.05) is 5.02 Å². The van der Waals surface area contributed by atoms with Gasteiger partial charge in [-0.05, 0) is 59.6 Å². The highest BCUT2D eigenvalue weighted by molar-refractivity contribution is 6.30. The van der Waals surface area contributed by atoms with Crippen molar-refractivity contribution in [2.45, 2.75) is 13.8 Å². The molecule has 2 aromatic carbocycles. The van der Waals surface area contributed by atoms with Crippen LogP contribution >= 0.6 is 11.6 Å². The molecule has 102 valence electrons. The molecule has 0 aliphatic rings. The molecule has 5 nitrogen and oxygen atoms in total. The maximum atomic E-state index is 6.01. The summed E-state index contributed by atoms with van der Waals surface area (Å²) in [6, 6.07) is 7.15. The fraction of sp³-hybridized carbons (Fsp3) is 0.143. The predicted octanol–water partition coefficient (Wildman–Crippen LogP) is 3.87. The number of halogens is 1. The van der Waals surface area contributed by atoms with Gasteiger partial charge in [0.1, 0.15) is 5.75 Å². The van der Waals surface area contributed by atoms with Gasteiger partial charge in [-0.25, -0.2) is 4.63 Å². The number of hydrogen-bond donors (Lipinski definition) is 1. The van der Waals surface area contributed by atoms with E-state index in [0.717, 1.165) is 16.9 Å². The Balaban J connectivity index is 2.11. The number of fused-ring (bicyclic) bond motifs is 1. The lowest BCUT2D eigenvalue weighted by atomic mass is 10.1. The van der Waals surface area contributed by atoms with Crippen LogP contribution in [0.4, 0.5) is 5.69 Å². The molecule has 0 amide bonds. The number of nitrogens with zero attached hydrogens (tertiary/aromatic N) is 2. The minimum absolute atomic E-state index is 0.492. The Morgan fingerprint density at radius 3 is 2.45 bits per heavy atom. The van der Waals surface area contributed by atoms with Crippen LogP contribution in [0.2, 0.25) is 5.02 Å². The van der Waals surface area contributed by atoms with Gasteiger partial charge in [-0.15, -0.1) is 0 Å². The van der Waals surface area contributed by atoms with E-state index in [4.69, 9.17) is 26.7 Å². The van der Waals surface area contributed by atoms with Gasteiger partial charge in [0.2, 0.25) is 0 Å². The first-order chi connectivity index (χ1) is 9.56. The lowest BCUT2D eigenvalue weighted by molar-refractivity contribution is 0.314. The van der Waals surface area contributed by atoms with Crippen LogP contribution < -0.4 is 10.5 Å². The Bertz CT molecular complexity index is 775. The zero-order valence-electron chi connectivity index (χ0n) is 11.0. The molecule has 2 N–H and O–H groups in total. The van der Waals surface area contributed by atoms with Crippen molar-refractivity contribution in [1.29, 1.82) is 0 Å². The Labute approximate surface area is 120 Å². The molecule has 0 aliphatic carbocycles. The lowest BCUT2D eigenvalue weighted by Crippen LogP contribution is -1.94. The third kappa shape index (κ3) is 2.06. The lowest BCUT2D eigenvalue weighted by Gasteiger charge is -2.12. The molecule has 0 aliphatic heterocycles. The van der Waals surface area contributed by atoms with E-state index in [1.807, 2.05) is 26.0 Å². The van der Waals surface area contributed by atoms with Crippen LogP contribution in [0.15, 0.2) is 28.9 Å². The number of nitrogens with two attached hydrogens (primary N) is 1. The second-order valence-corrected chi connectivity index (χ2v) is 5.02. The van der Waals surface area contributed by atoms with Crippen LogP contribution in [0.25, 0.3) is 11.0 Å². The molecule has 1 heterocycles. The third-order valence-corrected chi connectivity index (χ3v) is 3.26. The average molecular weight is 290 g/mol. The highest BCUT2D eigenvalue weighted by atomic mass is 35.5. The number of ether oxygens (including phenoxy) is 1. The standard InChI is InChI=1S/C14H12ClN3O2/c1-7-5-9(15)6-8(2)14(7)19-11-4-3-10(16)12-13(11)18-20-17-12/h3-6H,16H2,1-2H3. The van der Waals surface area contributed by atoms with Gasteiger partial charge >= 0.3 is 0 Å². The third-order valence-electron chi connectivity index (χ3n) is 3.05. The van der Waals surface area contributed by atoms with Gasteiger partial charge < -0.3 is 10.5 Å². The van der Waals surface area contributed by atoms with Crippen molar-refractivity contribution in [3.63, 3.8) is 0 Å². The fourth-order valence-corrected chi connectivity index (χ4v) is 2.44. The smallest absolute Gasteiger partial charge is 0.179 e. The number of rotatable bonds is 2. The van der Waals surface area contributed by atoms with E-state index in [0.29, 0.717) is 27.5 Å². The van der Waals surface area contributed by atoms with E-state index in [1.165, 1.54) is 0 Å². The first-order valence-corrected chi connectivity index (χ1v) is 6.39. The number of hydrogen-bond acceptors (Lipinski definition) is 5. The molecule has 0 saturated carbocycles. The summed E-state index contributed by atoms with van der Waals surface area (Å²) in [6.07, 6.45) is 0. The Morgan fingerprint density at radius 1 is 1.10 bits per heavy atom. The second-order valence-electron chi connectivity index (χ2n) is 4.59. The molecular weight excluding hydrogens is 278 g/mol. The van der Waals surface area contributed by atoms with Crippen molar-refractivity contribution < 1.29 is 9.37 Å². The van der Waals surface area contributed by atoms with Crippen LogP contribution in [0, 0.1) is 13.8 Å². The molecule has 20 heavy (non-hydrogen) atoms. The molecule has 0 saturated heterocycles. The van der Waals surface area contributed by atoms with Gasteiger partial charge in [-0.3, -0.25) is 0 Å². The number of nitrogen functional groups attached to an aromatic ring is 1. The SMILES string of the molecule is Cc1cc(Cl)cc(C)c1Oc1ccc(N)c2nonc12. The first-order valence-electron chi connectivity index (χ1n) is 6.01. The van der Waals surface area contributed by atoms with Crippen molar-refractivity contribution in [3.8, 4) is 11.5 Å². The average Bonchev–Trinajstić information content (AvgIpc) is 2.86. The minimum atomic E-state index is 0.492. The van der Waals surface area contributed by atoms with Crippen molar-refractivity contribution in [2.24, 2.45) is 0 Å². The number of benzene rings is 2. The maximum Gasteiger partial charge on any atom is 0.179 e. The summed E-state index contributed by atoms with van der Waals surface area (Å²) in [4.78, 5) is 0. The van der Waals surface area contributed by atoms with Gasteiger partial charge in [-0.2, -0.15) is 0 Å². The van der Waals surface area contributed by atoms with Gasteiger partial charge in [-0.1, -0.05) is 11.6 Å². The molecule has 6 heteroatoms. The molecule has 0 atom stereocenters. The zero-order valence-corrected chi connectivity index (χ0v) is 11.7. The van der Waals surface area contributed by atoms with Gasteiger partial charge in [0.05, 0.1) is 5.69 Å². The van der Waals surface area contributed by atoms with E-state index >= 15 is 0 Å². The summed E-state index contributed by atoms with van der Waals surface area (Å²) in [5.41, 5.74) is 9.18. The first kappa shape index (κ1) is 12.7. The summed E-state index contributed by atoms with van der Waals surface area (Å²) in [7, 11) is 0. The van der Waals surface area contributed by atoms with E-state index in [1.54, 1.807) is 12.1 Å². The van der Waals surface area contributed by atoms with Crippen LogP contribution in [0.5, 0.6) is 11.5 Å². The van der Waals surface area contributed by atoms with E-state index in [-0.39, 0.29) is 0 Å². The minimum Gasteiger partial charge on any atom is -0.454 e. The van der Waals surface area contributed by atoms with Crippen molar-refractivity contribution in [2.75, 3.05) is 5.73 Å². The van der Waals surface area contributed by atoms with E-state index < -0.39 is 0 Å². The van der Waals surface area contributed by atoms with E-state index in [2.05, 4.69) is 10.3 Å². The molecular formula is C14H12ClN3O2. The summed E-state index contributed by atoms with van der Waals surface area (Å²) in [5, 5.41) is 8.28. The van der Waals surface area contributed by atoms with Crippen molar-refractivity contribution >= 4 is 28.3 Å². The number of anilines is 1. The van der Waals surface area contributed by atoms with Gasteiger partial charge in [0.25, 0.3) is 0 Å². The molecule has 0 bridgehead atoms. The monoisotopic (exact) mass is 289 g/mol.